The molecule has 0 aliphatic heterocycles. The van der Waals surface area contributed by atoms with Crippen LogP contribution in [0.1, 0.15) is 39.4 Å². The Balaban J connectivity index is 2.24. The second kappa shape index (κ2) is 8.20. The number of rotatable bonds is 5. The second-order valence-corrected chi connectivity index (χ2v) is 7.12. The van der Waals surface area contributed by atoms with Crippen molar-refractivity contribution in [2.45, 2.75) is 26.9 Å². The molecule has 0 aliphatic rings. The van der Waals surface area contributed by atoms with Crippen molar-refractivity contribution in [1.29, 1.82) is 0 Å². The fourth-order valence-corrected chi connectivity index (χ4v) is 3.38. The normalized spacial score (nSPS) is 10.5. The number of hydrogen-bond acceptors (Lipinski definition) is 5. The van der Waals surface area contributed by atoms with E-state index in [2.05, 4.69) is 10.6 Å². The number of hydrogen-bond donors (Lipinski definition) is 3. The molecule has 1 heterocycles. The van der Waals surface area contributed by atoms with Gasteiger partial charge in [-0.25, -0.2) is 9.59 Å². The number of thiophene rings is 1. The van der Waals surface area contributed by atoms with Crippen molar-refractivity contribution in [3.63, 3.8) is 0 Å². The van der Waals surface area contributed by atoms with Crippen LogP contribution in [0.2, 0.25) is 5.02 Å². The van der Waals surface area contributed by atoms with Crippen LogP contribution in [-0.4, -0.2) is 24.0 Å². The molecule has 0 spiro atoms. The number of carbonyl (C=O) groups is 3. The highest BCUT2D eigenvalue weighted by Crippen LogP contribution is 2.33. The zero-order valence-corrected chi connectivity index (χ0v) is 16.0. The maximum atomic E-state index is 12.2. The molecule has 0 bridgehead atoms. The van der Waals surface area contributed by atoms with Gasteiger partial charge in [-0.2, -0.15) is 0 Å². The Morgan fingerprint density at radius 1 is 1.15 bits per heavy atom. The van der Waals surface area contributed by atoms with Gasteiger partial charge in [-0.05, 0) is 50.6 Å². The molecule has 0 fully saturated rings. The Morgan fingerprint density at radius 2 is 1.77 bits per heavy atom. The molecule has 1 aromatic carbocycles. The highest BCUT2D eigenvalue weighted by atomic mass is 35.5. The molecule has 26 heavy (non-hydrogen) atoms. The summed E-state index contributed by atoms with van der Waals surface area (Å²) < 4.78 is 5.16. The number of esters is 1. The van der Waals surface area contributed by atoms with Gasteiger partial charge in [-0.15, -0.1) is 11.3 Å². The smallest absolute Gasteiger partial charge is 0.348 e. The van der Waals surface area contributed by atoms with Crippen molar-refractivity contribution >= 4 is 51.5 Å². The van der Waals surface area contributed by atoms with Crippen LogP contribution >= 0.6 is 22.9 Å². The number of carbonyl (C=O) groups excluding carboxylic acids is 3. The van der Waals surface area contributed by atoms with Crippen LogP contribution in [0.15, 0.2) is 24.3 Å². The number of nitrogens with two attached hydrogens (primary N) is 1. The summed E-state index contributed by atoms with van der Waals surface area (Å²) in [5.41, 5.74) is 6.37. The summed E-state index contributed by atoms with van der Waals surface area (Å²) in [6.07, 6.45) is -0.314. The number of anilines is 2. The van der Waals surface area contributed by atoms with E-state index in [-0.39, 0.29) is 21.5 Å². The fourth-order valence-electron chi connectivity index (χ4n) is 2.16. The third kappa shape index (κ3) is 4.74. The summed E-state index contributed by atoms with van der Waals surface area (Å²) in [5, 5.41) is 5.87. The molecule has 9 heteroatoms. The van der Waals surface area contributed by atoms with Crippen molar-refractivity contribution < 1.29 is 19.1 Å². The molecule has 0 radical (unpaired) electrons. The lowest BCUT2D eigenvalue weighted by Gasteiger charge is -2.07. The minimum absolute atomic E-state index is 0.0805. The van der Waals surface area contributed by atoms with E-state index in [4.69, 9.17) is 22.1 Å². The van der Waals surface area contributed by atoms with E-state index in [0.717, 1.165) is 11.3 Å². The van der Waals surface area contributed by atoms with Gasteiger partial charge in [-0.1, -0.05) is 11.6 Å². The maximum Gasteiger partial charge on any atom is 0.348 e. The number of nitrogens with one attached hydrogen (secondary N) is 2. The van der Waals surface area contributed by atoms with Gasteiger partial charge in [0.15, 0.2) is 0 Å². The average molecular weight is 396 g/mol. The summed E-state index contributed by atoms with van der Waals surface area (Å²) in [6.45, 7) is 5.01. The van der Waals surface area contributed by atoms with E-state index in [0.29, 0.717) is 16.3 Å². The fraction of sp³-hybridized carbons (Fsp3) is 0.235. The first kappa shape index (κ1) is 19.7. The lowest BCUT2D eigenvalue weighted by Crippen LogP contribution is -2.21. The van der Waals surface area contributed by atoms with Crippen molar-refractivity contribution in [2.24, 2.45) is 5.73 Å². The molecular weight excluding hydrogens is 378 g/mol. The Morgan fingerprint density at radius 3 is 2.31 bits per heavy atom. The molecule has 7 nitrogen and oxygen atoms in total. The summed E-state index contributed by atoms with van der Waals surface area (Å²) in [5.74, 6) is -1.32. The topological polar surface area (TPSA) is 111 Å². The molecule has 0 atom stereocenters. The van der Waals surface area contributed by atoms with E-state index in [1.165, 1.54) is 0 Å². The zero-order valence-electron chi connectivity index (χ0n) is 14.4. The largest absolute Gasteiger partial charge is 0.459 e. The van der Waals surface area contributed by atoms with Gasteiger partial charge in [0.05, 0.1) is 11.7 Å². The lowest BCUT2D eigenvalue weighted by molar-refractivity contribution is 0.0383. The van der Waals surface area contributed by atoms with Crippen LogP contribution < -0.4 is 16.4 Å². The molecule has 0 saturated heterocycles. The number of amides is 3. The highest BCUT2D eigenvalue weighted by molar-refractivity contribution is 7.18. The van der Waals surface area contributed by atoms with Gasteiger partial charge < -0.3 is 15.8 Å². The summed E-state index contributed by atoms with van der Waals surface area (Å²) in [4.78, 5) is 36.3. The number of benzene rings is 1. The highest BCUT2D eigenvalue weighted by Gasteiger charge is 2.25. The monoisotopic (exact) mass is 395 g/mol. The minimum atomic E-state index is -0.746. The van der Waals surface area contributed by atoms with Crippen LogP contribution in [0.4, 0.5) is 15.5 Å². The summed E-state index contributed by atoms with van der Waals surface area (Å²) >= 11 is 6.73. The number of ether oxygens (including phenoxy) is 1. The molecule has 3 amide bonds. The number of primary amides is 1. The van der Waals surface area contributed by atoms with E-state index < -0.39 is 17.9 Å². The molecule has 0 saturated carbocycles. The molecule has 138 valence electrons. The predicted octanol–water partition coefficient (Wildman–Crippen LogP) is 4.02. The van der Waals surface area contributed by atoms with Gasteiger partial charge in [0.25, 0.3) is 5.91 Å². The number of urea groups is 1. The SMILES string of the molecule is Cc1c(C(=O)OC(C)C)sc(NC(=O)Nc2ccc(Cl)cc2)c1C(N)=O. The lowest BCUT2D eigenvalue weighted by atomic mass is 10.1. The standard InChI is InChI=1S/C17H18ClN3O4S/c1-8(2)25-16(23)13-9(3)12(14(19)22)15(26-13)21-17(24)20-11-6-4-10(18)5-7-11/h4-8H,1-3H3,(H2,19,22)(H2,20,21,24). The van der Waals surface area contributed by atoms with Crippen LogP contribution in [0, 0.1) is 6.92 Å². The minimum Gasteiger partial charge on any atom is -0.459 e. The van der Waals surface area contributed by atoms with Crippen molar-refractivity contribution in [2.75, 3.05) is 10.6 Å². The summed E-state index contributed by atoms with van der Waals surface area (Å²) in [7, 11) is 0. The van der Waals surface area contributed by atoms with Crippen LogP contribution in [0.3, 0.4) is 0 Å². The first-order valence-corrected chi connectivity index (χ1v) is 8.86. The molecular formula is C17H18ClN3O4S. The van der Waals surface area contributed by atoms with Gasteiger partial charge in [0, 0.05) is 10.7 Å². The second-order valence-electron chi connectivity index (χ2n) is 5.66. The molecule has 2 rings (SSSR count). The van der Waals surface area contributed by atoms with Crippen LogP contribution in [0.5, 0.6) is 0 Å². The Hall–Kier alpha value is -2.58. The van der Waals surface area contributed by atoms with Gasteiger partial charge >= 0.3 is 12.0 Å². The average Bonchev–Trinajstić information content (AvgIpc) is 2.85. The van der Waals surface area contributed by atoms with Crippen molar-refractivity contribution in [1.82, 2.24) is 0 Å². The maximum absolute atomic E-state index is 12.2. The van der Waals surface area contributed by atoms with Gasteiger partial charge in [0.1, 0.15) is 9.88 Å². The first-order valence-electron chi connectivity index (χ1n) is 7.66. The number of halogens is 1. The molecule has 0 unspecified atom stereocenters. The van der Waals surface area contributed by atoms with Gasteiger partial charge in [0.2, 0.25) is 0 Å². The van der Waals surface area contributed by atoms with E-state index in [9.17, 15) is 14.4 Å². The van der Waals surface area contributed by atoms with Crippen molar-refractivity contribution in [3.05, 3.63) is 45.3 Å². The van der Waals surface area contributed by atoms with E-state index in [1.54, 1.807) is 45.0 Å². The third-order valence-corrected chi connectivity index (χ3v) is 4.69. The quantitative estimate of drug-likeness (QED) is 0.664. The van der Waals surface area contributed by atoms with Crippen molar-refractivity contribution in [3.8, 4) is 0 Å². The van der Waals surface area contributed by atoms with Gasteiger partial charge in [-0.3, -0.25) is 10.1 Å². The van der Waals surface area contributed by atoms with Crippen LogP contribution in [0.25, 0.3) is 0 Å². The third-order valence-electron chi connectivity index (χ3n) is 3.25. The predicted molar refractivity (Wildman–Crippen MR) is 102 cm³/mol. The summed E-state index contributed by atoms with van der Waals surface area (Å²) in [6, 6.07) is 5.92. The molecule has 4 N–H and O–H groups in total. The Kier molecular flexibility index (Phi) is 6.23. The molecule has 2 aromatic rings. The molecule has 0 aliphatic carbocycles. The first-order chi connectivity index (χ1) is 12.2. The molecule has 1 aromatic heterocycles. The Labute approximate surface area is 159 Å². The zero-order chi connectivity index (χ0) is 19.4. The van der Waals surface area contributed by atoms with Crippen LogP contribution in [-0.2, 0) is 4.74 Å². The van der Waals surface area contributed by atoms with E-state index in [1.807, 2.05) is 0 Å². The van der Waals surface area contributed by atoms with E-state index >= 15 is 0 Å². The Bertz CT molecular complexity index is 846.